The molecule has 0 aliphatic carbocycles. The van der Waals surface area contributed by atoms with Crippen LogP contribution in [0.5, 0.6) is 5.75 Å². The standard InChI is InChI=1S/C34H34N6O4S/c1-43-14-15-44-24-9-6-21(7-10-24)18-38-13-12-23(19-38)39-20-31(41)40-30(34(39)42)17-26-25-4-2-3-5-27(25)35-32(26)33(40)22-8-11-28-29(16-22)37-45-36-28/h2-11,16,23,30,33,35H,12-15,17-20H2,1H3/t23-,30-,33-/m1/s1. The summed E-state index contributed by atoms with van der Waals surface area (Å²) in [7, 11) is 1.66. The number of likely N-dealkylation sites (tertiary alicyclic amines) is 1. The first-order valence-corrected chi connectivity index (χ1v) is 16.2. The van der Waals surface area contributed by atoms with E-state index in [0.29, 0.717) is 19.6 Å². The van der Waals surface area contributed by atoms with E-state index >= 15 is 0 Å². The van der Waals surface area contributed by atoms with Gasteiger partial charge in [-0.05, 0) is 53.4 Å². The number of carbonyl (C=O) groups is 2. The van der Waals surface area contributed by atoms with Gasteiger partial charge in [-0.1, -0.05) is 36.4 Å². The maximum atomic E-state index is 14.4. The fraction of sp³-hybridized carbons (Fsp3) is 0.353. The maximum Gasteiger partial charge on any atom is 0.246 e. The Bertz CT molecular complexity index is 1890. The number of hydrogen-bond acceptors (Lipinski definition) is 8. The first-order valence-electron chi connectivity index (χ1n) is 15.4. The van der Waals surface area contributed by atoms with Crippen LogP contribution in [0, 0.1) is 0 Å². The molecule has 0 bridgehead atoms. The molecule has 1 N–H and O–H groups in total. The van der Waals surface area contributed by atoms with Gasteiger partial charge in [0.05, 0.1) is 24.4 Å². The van der Waals surface area contributed by atoms with Crippen molar-refractivity contribution in [3.63, 3.8) is 0 Å². The number of carbonyl (C=O) groups excluding carboxylic acids is 2. The van der Waals surface area contributed by atoms with E-state index < -0.39 is 12.1 Å². The quantitative estimate of drug-likeness (QED) is 0.259. The molecule has 0 radical (unpaired) electrons. The van der Waals surface area contributed by atoms with E-state index in [2.05, 4.69) is 42.9 Å². The molecule has 3 atom stereocenters. The molecular weight excluding hydrogens is 588 g/mol. The Morgan fingerprint density at radius 2 is 1.84 bits per heavy atom. The van der Waals surface area contributed by atoms with Gasteiger partial charge in [-0.3, -0.25) is 14.5 Å². The summed E-state index contributed by atoms with van der Waals surface area (Å²) in [6.45, 7) is 3.57. The second kappa shape index (κ2) is 11.6. The van der Waals surface area contributed by atoms with Crippen LogP contribution < -0.4 is 4.74 Å². The number of para-hydroxylation sites is 1. The zero-order chi connectivity index (χ0) is 30.5. The first-order chi connectivity index (χ1) is 22.1. The molecule has 0 spiro atoms. The number of H-pyrrole nitrogens is 1. The Hall–Kier alpha value is -4.32. The number of piperazine rings is 1. The van der Waals surface area contributed by atoms with Gasteiger partial charge in [0.25, 0.3) is 0 Å². The number of ether oxygens (including phenoxy) is 2. The molecule has 2 saturated heterocycles. The highest BCUT2D eigenvalue weighted by Crippen LogP contribution is 2.43. The van der Waals surface area contributed by atoms with Crippen molar-refractivity contribution in [3.05, 3.63) is 89.1 Å². The number of aromatic nitrogens is 3. The number of nitrogens with zero attached hydrogens (tertiary/aromatic N) is 5. The summed E-state index contributed by atoms with van der Waals surface area (Å²) in [6, 6.07) is 21.4. The molecule has 2 fully saturated rings. The number of aromatic amines is 1. The van der Waals surface area contributed by atoms with Gasteiger partial charge < -0.3 is 24.3 Å². The SMILES string of the molecule is COCCOc1ccc(CN2CC[C@@H](N3CC(=O)N4[C@H](c5ccc6nsnc6c5)c5[nH]c6ccccc6c5C[C@@H]4C3=O)C2)cc1. The molecule has 5 heterocycles. The van der Waals surface area contributed by atoms with Crippen LogP contribution in [0.2, 0.25) is 0 Å². The maximum absolute atomic E-state index is 14.4. The van der Waals surface area contributed by atoms with Gasteiger partial charge >= 0.3 is 0 Å². The minimum atomic E-state index is -0.563. The second-order valence-electron chi connectivity index (χ2n) is 12.1. The monoisotopic (exact) mass is 622 g/mol. The van der Waals surface area contributed by atoms with Gasteiger partial charge in [0.1, 0.15) is 36.0 Å². The Morgan fingerprint density at radius 1 is 1.00 bits per heavy atom. The van der Waals surface area contributed by atoms with Crippen LogP contribution in [0.15, 0.2) is 66.7 Å². The van der Waals surface area contributed by atoms with E-state index in [-0.39, 0.29) is 24.4 Å². The molecule has 5 aromatic rings. The number of amides is 2. The molecule has 3 aromatic carbocycles. The average molecular weight is 623 g/mol. The van der Waals surface area contributed by atoms with Gasteiger partial charge in [0.15, 0.2) is 0 Å². The molecule has 10 nitrogen and oxygen atoms in total. The molecule has 0 saturated carbocycles. The summed E-state index contributed by atoms with van der Waals surface area (Å²) >= 11 is 1.18. The van der Waals surface area contributed by atoms with E-state index in [0.717, 1.165) is 70.6 Å². The lowest BCUT2D eigenvalue weighted by Gasteiger charge is -2.48. The zero-order valence-corrected chi connectivity index (χ0v) is 25.8. The van der Waals surface area contributed by atoms with Crippen LogP contribution in [0.1, 0.15) is 34.8 Å². The topological polar surface area (TPSA) is 104 Å². The Labute approximate surface area is 264 Å². The van der Waals surface area contributed by atoms with E-state index in [1.54, 1.807) is 7.11 Å². The Morgan fingerprint density at radius 3 is 2.71 bits per heavy atom. The smallest absolute Gasteiger partial charge is 0.246 e. The van der Waals surface area contributed by atoms with E-state index in [9.17, 15) is 9.59 Å². The van der Waals surface area contributed by atoms with Gasteiger partial charge in [0.2, 0.25) is 11.8 Å². The molecule has 2 aromatic heterocycles. The third-order valence-electron chi connectivity index (χ3n) is 9.46. The van der Waals surface area contributed by atoms with Crippen molar-refractivity contribution in [3.8, 4) is 5.75 Å². The van der Waals surface area contributed by atoms with E-state index in [1.807, 2.05) is 52.3 Å². The third kappa shape index (κ3) is 5.04. The molecule has 230 valence electrons. The Kier molecular flexibility index (Phi) is 7.23. The lowest BCUT2D eigenvalue weighted by atomic mass is 9.85. The molecule has 2 amide bonds. The molecule has 3 aliphatic heterocycles. The van der Waals surface area contributed by atoms with Crippen molar-refractivity contribution >= 4 is 45.5 Å². The number of methoxy groups -OCH3 is 1. The predicted octanol–water partition coefficient (Wildman–Crippen LogP) is 4.16. The highest BCUT2D eigenvalue weighted by atomic mass is 32.1. The number of nitrogens with one attached hydrogen (secondary N) is 1. The highest BCUT2D eigenvalue weighted by Gasteiger charge is 2.50. The van der Waals surface area contributed by atoms with Crippen LogP contribution in [0.25, 0.3) is 21.9 Å². The van der Waals surface area contributed by atoms with Crippen LogP contribution in [-0.4, -0.2) is 92.3 Å². The summed E-state index contributed by atoms with van der Waals surface area (Å²) < 4.78 is 19.6. The van der Waals surface area contributed by atoms with Crippen LogP contribution in [0.3, 0.4) is 0 Å². The summed E-state index contributed by atoms with van der Waals surface area (Å²) in [4.78, 5) is 38.2. The van der Waals surface area contributed by atoms with Crippen molar-refractivity contribution in [1.29, 1.82) is 0 Å². The fourth-order valence-electron chi connectivity index (χ4n) is 7.31. The summed E-state index contributed by atoms with van der Waals surface area (Å²) in [5.41, 5.74) is 6.86. The molecule has 45 heavy (non-hydrogen) atoms. The van der Waals surface area contributed by atoms with Gasteiger partial charge in [-0.15, -0.1) is 0 Å². The molecule has 11 heteroatoms. The molecule has 8 rings (SSSR count). The zero-order valence-electron chi connectivity index (χ0n) is 25.0. The van der Waals surface area contributed by atoms with Crippen LogP contribution in [-0.2, 0) is 27.3 Å². The average Bonchev–Trinajstić information content (AvgIpc) is 3.81. The normalized spacial score (nSPS) is 21.9. The summed E-state index contributed by atoms with van der Waals surface area (Å²) in [6.07, 6.45) is 1.34. The second-order valence-corrected chi connectivity index (χ2v) is 12.7. The lowest BCUT2D eigenvalue weighted by Crippen LogP contribution is -2.65. The Balaban J connectivity index is 1.04. The van der Waals surface area contributed by atoms with Gasteiger partial charge in [-0.25, -0.2) is 0 Å². The number of hydrogen-bond donors (Lipinski definition) is 1. The third-order valence-corrected chi connectivity index (χ3v) is 10.0. The van der Waals surface area contributed by atoms with Gasteiger partial charge in [-0.2, -0.15) is 8.75 Å². The largest absolute Gasteiger partial charge is 0.491 e. The van der Waals surface area contributed by atoms with Crippen molar-refractivity contribution in [2.75, 3.05) is 40.0 Å². The molecule has 0 unspecified atom stereocenters. The molecular formula is C34H34N6O4S. The summed E-state index contributed by atoms with van der Waals surface area (Å²) in [5, 5.41) is 1.10. The minimum absolute atomic E-state index is 0.000460. The summed E-state index contributed by atoms with van der Waals surface area (Å²) in [5.74, 6) is 0.841. The van der Waals surface area contributed by atoms with Crippen LogP contribution in [0.4, 0.5) is 0 Å². The fourth-order valence-corrected chi connectivity index (χ4v) is 7.83. The van der Waals surface area contributed by atoms with E-state index in [1.165, 1.54) is 17.3 Å². The van der Waals surface area contributed by atoms with Crippen LogP contribution >= 0.6 is 11.7 Å². The van der Waals surface area contributed by atoms with Crippen molar-refractivity contribution in [2.45, 2.75) is 37.5 Å². The minimum Gasteiger partial charge on any atom is -0.491 e. The highest BCUT2D eigenvalue weighted by molar-refractivity contribution is 7.00. The van der Waals surface area contributed by atoms with Gasteiger partial charge in [0, 0.05) is 55.8 Å². The van der Waals surface area contributed by atoms with E-state index in [4.69, 9.17) is 9.47 Å². The number of fused-ring (bicyclic) bond motifs is 5. The predicted molar refractivity (Wildman–Crippen MR) is 171 cm³/mol. The number of rotatable bonds is 8. The first kappa shape index (κ1) is 28.2. The number of benzene rings is 3. The molecule has 3 aliphatic rings. The van der Waals surface area contributed by atoms with Crippen molar-refractivity contribution in [2.24, 2.45) is 0 Å². The van der Waals surface area contributed by atoms with Crippen molar-refractivity contribution in [1.82, 2.24) is 28.4 Å². The lowest BCUT2D eigenvalue weighted by molar-refractivity contribution is -0.160. The van der Waals surface area contributed by atoms with Crippen molar-refractivity contribution < 1.29 is 19.1 Å².